The van der Waals surface area contributed by atoms with Crippen LogP contribution in [-0.4, -0.2) is 47.4 Å². The zero-order valence-corrected chi connectivity index (χ0v) is 51.3. The summed E-state index contributed by atoms with van der Waals surface area (Å²) in [5.41, 5.74) is 0. The quantitative estimate of drug-likeness (QED) is 0.0320. The molecule has 2 atom stereocenters. The fourth-order valence-electron chi connectivity index (χ4n) is 10.7. The van der Waals surface area contributed by atoms with Crippen molar-refractivity contribution in [2.75, 3.05) is 13.2 Å². The Balaban J connectivity index is 3.37. The van der Waals surface area contributed by atoms with Gasteiger partial charge in [0.1, 0.15) is 0 Å². The van der Waals surface area contributed by atoms with Crippen molar-refractivity contribution in [1.82, 2.24) is 5.32 Å². The molecule has 0 radical (unpaired) electrons. The molecule has 6 nitrogen and oxygen atoms in total. The van der Waals surface area contributed by atoms with Crippen LogP contribution in [0.5, 0.6) is 0 Å². The maximum absolute atomic E-state index is 12.5. The van der Waals surface area contributed by atoms with E-state index in [1.54, 1.807) is 0 Å². The largest absolute Gasteiger partial charge is 0.466 e. The molecule has 76 heavy (non-hydrogen) atoms. The number of unbranched alkanes of at least 4 members (excludes halogenated alkanes) is 47. The third-order valence-electron chi connectivity index (χ3n) is 15.9. The van der Waals surface area contributed by atoms with Crippen molar-refractivity contribution < 1.29 is 24.5 Å². The van der Waals surface area contributed by atoms with Gasteiger partial charge in [0.15, 0.2) is 0 Å². The van der Waals surface area contributed by atoms with Crippen LogP contribution in [0, 0.1) is 0 Å². The lowest BCUT2D eigenvalue weighted by atomic mass is 10.0. The van der Waals surface area contributed by atoms with Crippen molar-refractivity contribution in [2.24, 2.45) is 0 Å². The molecule has 0 saturated carbocycles. The number of ether oxygens (including phenoxy) is 1. The zero-order chi connectivity index (χ0) is 55.0. The molecular weight excluding hydrogens is 935 g/mol. The van der Waals surface area contributed by atoms with Crippen LogP contribution in [0.4, 0.5) is 0 Å². The highest BCUT2D eigenvalue weighted by atomic mass is 16.5. The van der Waals surface area contributed by atoms with Gasteiger partial charge in [0.25, 0.3) is 0 Å². The minimum Gasteiger partial charge on any atom is -0.466 e. The molecule has 6 heteroatoms. The molecule has 0 fully saturated rings. The summed E-state index contributed by atoms with van der Waals surface area (Å²) in [4.78, 5) is 24.6. The van der Waals surface area contributed by atoms with Crippen LogP contribution in [0.2, 0.25) is 0 Å². The van der Waals surface area contributed by atoms with Crippen molar-refractivity contribution in [2.45, 2.75) is 386 Å². The van der Waals surface area contributed by atoms with Gasteiger partial charge in [-0.05, 0) is 77.0 Å². The molecule has 1 amide bonds. The van der Waals surface area contributed by atoms with E-state index < -0.39 is 12.1 Å². The number of aliphatic hydroxyl groups excluding tert-OH is 2. The van der Waals surface area contributed by atoms with E-state index in [9.17, 15) is 19.8 Å². The Bertz CT molecular complexity index is 1230. The number of esters is 1. The molecule has 3 N–H and O–H groups in total. The first kappa shape index (κ1) is 74.1. The summed E-state index contributed by atoms with van der Waals surface area (Å²) in [5, 5.41) is 23.3. The van der Waals surface area contributed by atoms with Gasteiger partial charge in [0.05, 0.1) is 25.4 Å². The van der Waals surface area contributed by atoms with Crippen LogP contribution in [0.15, 0.2) is 36.5 Å². The molecule has 0 aliphatic rings. The van der Waals surface area contributed by atoms with E-state index in [4.69, 9.17) is 4.74 Å². The molecule has 0 heterocycles. The van der Waals surface area contributed by atoms with E-state index in [0.717, 1.165) is 51.4 Å². The van der Waals surface area contributed by atoms with Crippen molar-refractivity contribution in [3.05, 3.63) is 36.5 Å². The first-order chi connectivity index (χ1) is 37.5. The van der Waals surface area contributed by atoms with Crippen LogP contribution in [0.25, 0.3) is 0 Å². The second-order valence-electron chi connectivity index (χ2n) is 23.5. The van der Waals surface area contributed by atoms with Gasteiger partial charge < -0.3 is 20.3 Å². The Labute approximate surface area is 474 Å². The lowest BCUT2D eigenvalue weighted by Gasteiger charge is -2.22. The minimum atomic E-state index is -0.664. The van der Waals surface area contributed by atoms with E-state index >= 15 is 0 Å². The average Bonchev–Trinajstić information content (AvgIpc) is 3.42. The number of rotatable bonds is 64. The molecule has 2 unspecified atom stereocenters. The molecule has 0 aromatic carbocycles. The number of aliphatic hydroxyl groups is 2. The SMILES string of the molecule is CCCC/C=C\C/C=C\CCCCCCCC(=O)OCCCCCCCCCCCCCC/C=C\CCCCCCCCCCCCCCCC(=O)NC(CO)C(O)CCCCCCCCCCCCCCCCCC. The monoisotopic (exact) mass is 1070 g/mol. The lowest BCUT2D eigenvalue weighted by Crippen LogP contribution is -2.45. The third kappa shape index (κ3) is 61.3. The Morgan fingerprint density at radius 2 is 0.671 bits per heavy atom. The van der Waals surface area contributed by atoms with Crippen molar-refractivity contribution in [3.63, 3.8) is 0 Å². The van der Waals surface area contributed by atoms with Gasteiger partial charge in [-0.25, -0.2) is 0 Å². The van der Waals surface area contributed by atoms with E-state index in [1.165, 1.54) is 289 Å². The third-order valence-corrected chi connectivity index (χ3v) is 15.9. The van der Waals surface area contributed by atoms with E-state index in [2.05, 4.69) is 55.6 Å². The zero-order valence-electron chi connectivity index (χ0n) is 51.3. The van der Waals surface area contributed by atoms with Crippen LogP contribution >= 0.6 is 0 Å². The van der Waals surface area contributed by atoms with E-state index in [0.29, 0.717) is 25.9 Å². The summed E-state index contributed by atoms with van der Waals surface area (Å²) in [5.74, 6) is -0.0295. The molecule has 0 bridgehead atoms. The summed E-state index contributed by atoms with van der Waals surface area (Å²) in [7, 11) is 0. The van der Waals surface area contributed by atoms with Crippen molar-refractivity contribution in [3.8, 4) is 0 Å². The topological polar surface area (TPSA) is 95.9 Å². The number of hydrogen-bond acceptors (Lipinski definition) is 5. The fraction of sp³-hybridized carbons (Fsp3) is 0.886. The lowest BCUT2D eigenvalue weighted by molar-refractivity contribution is -0.143. The molecule has 0 spiro atoms. The number of nitrogens with one attached hydrogen (secondary N) is 1. The predicted octanol–water partition coefficient (Wildman–Crippen LogP) is 21.9. The number of carbonyl (C=O) groups is 2. The highest BCUT2D eigenvalue weighted by Crippen LogP contribution is 2.18. The smallest absolute Gasteiger partial charge is 0.305 e. The Morgan fingerprint density at radius 1 is 0.368 bits per heavy atom. The Kier molecular flexibility index (Phi) is 63.9. The second kappa shape index (κ2) is 65.6. The molecule has 0 saturated heterocycles. The first-order valence-electron chi connectivity index (χ1n) is 34.2. The highest BCUT2D eigenvalue weighted by molar-refractivity contribution is 5.76. The van der Waals surface area contributed by atoms with Crippen molar-refractivity contribution >= 4 is 11.9 Å². The number of hydrogen-bond donors (Lipinski definition) is 3. The average molecular weight is 1070 g/mol. The summed E-state index contributed by atoms with van der Waals surface area (Å²) in [6.07, 6.45) is 83.3. The van der Waals surface area contributed by atoms with Gasteiger partial charge in [0, 0.05) is 12.8 Å². The second-order valence-corrected chi connectivity index (χ2v) is 23.5. The van der Waals surface area contributed by atoms with E-state index in [1.807, 2.05) is 0 Å². The maximum Gasteiger partial charge on any atom is 0.305 e. The summed E-state index contributed by atoms with van der Waals surface area (Å²) >= 11 is 0. The molecule has 0 rings (SSSR count). The molecule has 0 aromatic rings. The van der Waals surface area contributed by atoms with Crippen LogP contribution < -0.4 is 5.32 Å². The molecule has 0 aliphatic carbocycles. The van der Waals surface area contributed by atoms with Crippen LogP contribution in [-0.2, 0) is 14.3 Å². The van der Waals surface area contributed by atoms with Gasteiger partial charge in [-0.2, -0.15) is 0 Å². The molecule has 0 aromatic heterocycles. The van der Waals surface area contributed by atoms with Gasteiger partial charge in [-0.1, -0.05) is 320 Å². The Hall–Kier alpha value is -1.92. The fourth-order valence-corrected chi connectivity index (χ4v) is 10.7. The summed E-state index contributed by atoms with van der Waals surface area (Å²) in [6, 6.07) is -0.541. The normalized spacial score (nSPS) is 12.7. The highest BCUT2D eigenvalue weighted by Gasteiger charge is 2.20. The summed E-state index contributed by atoms with van der Waals surface area (Å²) < 4.78 is 5.48. The standard InChI is InChI=1S/C70H133NO5/c1-3-5-7-9-11-13-15-17-19-35-38-42-46-50-54-58-62-68(73)67(66-72)71-69(74)63-59-55-51-47-43-39-36-33-31-29-27-25-23-21-20-22-24-26-28-30-32-34-37-41-45-49-53-57-61-65-76-70(75)64-60-56-52-48-44-40-18-16-14-12-10-8-6-4-2/h10,12,16,18,20,22,67-68,72-73H,3-9,11,13-15,17,19,21,23-66H2,1-2H3,(H,71,74)/b12-10-,18-16-,22-20-. The van der Waals surface area contributed by atoms with Gasteiger partial charge in [-0.15, -0.1) is 0 Å². The van der Waals surface area contributed by atoms with Crippen LogP contribution in [0.3, 0.4) is 0 Å². The van der Waals surface area contributed by atoms with Crippen LogP contribution in [0.1, 0.15) is 373 Å². The van der Waals surface area contributed by atoms with Gasteiger partial charge in [-0.3, -0.25) is 9.59 Å². The minimum absolute atomic E-state index is 0.00207. The van der Waals surface area contributed by atoms with Crippen molar-refractivity contribution in [1.29, 1.82) is 0 Å². The summed E-state index contributed by atoms with van der Waals surface area (Å²) in [6.45, 7) is 4.93. The molecule has 448 valence electrons. The Morgan fingerprint density at radius 3 is 1.05 bits per heavy atom. The molecular formula is C70H133NO5. The van der Waals surface area contributed by atoms with E-state index in [-0.39, 0.29) is 18.5 Å². The molecule has 0 aliphatic heterocycles. The van der Waals surface area contributed by atoms with Gasteiger partial charge >= 0.3 is 5.97 Å². The maximum atomic E-state index is 12.5. The predicted molar refractivity (Wildman–Crippen MR) is 333 cm³/mol. The number of allylic oxidation sites excluding steroid dienone is 6. The number of carbonyl (C=O) groups excluding carboxylic acids is 2. The van der Waals surface area contributed by atoms with Gasteiger partial charge in [0.2, 0.25) is 5.91 Å². The number of amides is 1. The first-order valence-corrected chi connectivity index (χ1v) is 34.2.